The van der Waals surface area contributed by atoms with Crippen LogP contribution in [0.1, 0.15) is 32.9 Å². The number of nitrogens with one attached hydrogen (secondary N) is 2. The molecule has 0 aliphatic carbocycles. The van der Waals surface area contributed by atoms with Gasteiger partial charge in [-0.15, -0.1) is 0 Å². The Bertz CT molecular complexity index is 1350. The van der Waals surface area contributed by atoms with Gasteiger partial charge >= 0.3 is 0 Å². The van der Waals surface area contributed by atoms with Crippen LogP contribution in [0.4, 0.5) is 5.69 Å². The number of carbonyl (C=O) groups is 2. The van der Waals surface area contributed by atoms with Crippen LogP contribution in [-0.4, -0.2) is 26.8 Å². The number of nitrogens with zero attached hydrogens (tertiary/aromatic N) is 3. The predicted molar refractivity (Wildman–Crippen MR) is 136 cm³/mol. The van der Waals surface area contributed by atoms with Crippen LogP contribution in [-0.2, 0) is 17.8 Å². The molecule has 0 radical (unpaired) electrons. The highest BCUT2D eigenvalue weighted by molar-refractivity contribution is 6.04. The molecule has 4 rings (SSSR count). The molecule has 35 heavy (non-hydrogen) atoms. The lowest BCUT2D eigenvalue weighted by molar-refractivity contribution is -0.116. The van der Waals surface area contributed by atoms with Crippen molar-refractivity contribution in [1.29, 1.82) is 0 Å². The first-order chi connectivity index (χ1) is 17.0. The van der Waals surface area contributed by atoms with Gasteiger partial charge < -0.3 is 10.6 Å². The van der Waals surface area contributed by atoms with E-state index in [0.29, 0.717) is 30.0 Å². The average Bonchev–Trinajstić information content (AvgIpc) is 2.90. The summed E-state index contributed by atoms with van der Waals surface area (Å²) >= 11 is 0. The fraction of sp³-hybridized carbons (Fsp3) is 0.107. The second kappa shape index (κ2) is 11.0. The van der Waals surface area contributed by atoms with Crippen molar-refractivity contribution in [2.45, 2.75) is 19.9 Å². The van der Waals surface area contributed by atoms with Gasteiger partial charge in [-0.3, -0.25) is 14.6 Å². The summed E-state index contributed by atoms with van der Waals surface area (Å²) < 4.78 is 0. The minimum absolute atomic E-state index is 0.212. The standard InChI is InChI=1S/C28H25N5O2/c1-3-27(34)31-17-20-7-9-21(10-8-20)28(35)32-24-11-6-19(2)23(15-24)16-26-30-14-12-25(33-26)22-5-4-13-29-18-22/h3-15,18H,1,16-17H2,2H3,(H,31,34)(H,32,35). The fourth-order valence-corrected chi connectivity index (χ4v) is 3.51. The maximum absolute atomic E-state index is 12.8. The molecule has 0 saturated carbocycles. The highest BCUT2D eigenvalue weighted by Gasteiger charge is 2.10. The van der Waals surface area contributed by atoms with Crippen LogP contribution in [0.25, 0.3) is 11.3 Å². The topological polar surface area (TPSA) is 96.9 Å². The molecule has 0 aliphatic rings. The molecule has 0 bridgehead atoms. The number of benzene rings is 2. The van der Waals surface area contributed by atoms with E-state index in [1.165, 1.54) is 6.08 Å². The number of carbonyl (C=O) groups excluding carboxylic acids is 2. The van der Waals surface area contributed by atoms with Crippen molar-refractivity contribution in [3.05, 3.63) is 120 Å². The monoisotopic (exact) mass is 463 g/mol. The lowest BCUT2D eigenvalue weighted by atomic mass is 10.0. The van der Waals surface area contributed by atoms with E-state index in [9.17, 15) is 9.59 Å². The molecular formula is C28H25N5O2. The van der Waals surface area contributed by atoms with Gasteiger partial charge in [-0.1, -0.05) is 24.8 Å². The van der Waals surface area contributed by atoms with Crippen molar-refractivity contribution < 1.29 is 9.59 Å². The molecule has 174 valence electrons. The Morgan fingerprint density at radius 2 is 1.86 bits per heavy atom. The molecule has 0 unspecified atom stereocenters. The number of pyridine rings is 1. The summed E-state index contributed by atoms with van der Waals surface area (Å²) in [5.41, 5.74) is 5.98. The van der Waals surface area contributed by atoms with Gasteiger partial charge in [0.15, 0.2) is 0 Å². The molecule has 0 atom stereocenters. The normalized spacial score (nSPS) is 10.4. The van der Waals surface area contributed by atoms with E-state index < -0.39 is 0 Å². The van der Waals surface area contributed by atoms with E-state index in [-0.39, 0.29) is 11.8 Å². The van der Waals surface area contributed by atoms with Gasteiger partial charge in [0.1, 0.15) is 5.82 Å². The summed E-state index contributed by atoms with van der Waals surface area (Å²) in [5, 5.41) is 5.67. The van der Waals surface area contributed by atoms with Crippen molar-refractivity contribution in [1.82, 2.24) is 20.3 Å². The molecule has 7 heteroatoms. The number of hydrogen-bond donors (Lipinski definition) is 2. The lowest BCUT2D eigenvalue weighted by Gasteiger charge is -2.11. The Balaban J connectivity index is 1.44. The van der Waals surface area contributed by atoms with Crippen molar-refractivity contribution in [3.63, 3.8) is 0 Å². The quantitative estimate of drug-likeness (QED) is 0.375. The second-order valence-electron chi connectivity index (χ2n) is 7.99. The van der Waals surface area contributed by atoms with Gasteiger partial charge in [0, 0.05) is 48.4 Å². The van der Waals surface area contributed by atoms with Crippen LogP contribution in [0.2, 0.25) is 0 Å². The molecule has 2 N–H and O–H groups in total. The summed E-state index contributed by atoms with van der Waals surface area (Å²) in [6, 6.07) is 18.6. The number of rotatable bonds is 8. The van der Waals surface area contributed by atoms with E-state index >= 15 is 0 Å². The molecule has 0 saturated heterocycles. The van der Waals surface area contributed by atoms with Gasteiger partial charge in [-0.25, -0.2) is 9.97 Å². The zero-order valence-electron chi connectivity index (χ0n) is 19.4. The Morgan fingerprint density at radius 1 is 1.03 bits per heavy atom. The summed E-state index contributed by atoms with van der Waals surface area (Å²) in [5.74, 6) is 0.240. The van der Waals surface area contributed by atoms with Crippen LogP contribution >= 0.6 is 0 Å². The summed E-state index contributed by atoms with van der Waals surface area (Å²) in [4.78, 5) is 37.3. The van der Waals surface area contributed by atoms with E-state index in [1.807, 2.05) is 55.5 Å². The summed E-state index contributed by atoms with van der Waals surface area (Å²) in [7, 11) is 0. The zero-order valence-corrected chi connectivity index (χ0v) is 19.4. The van der Waals surface area contributed by atoms with Crippen LogP contribution < -0.4 is 10.6 Å². The molecule has 0 fully saturated rings. The fourth-order valence-electron chi connectivity index (χ4n) is 3.51. The van der Waals surface area contributed by atoms with Crippen molar-refractivity contribution in [2.24, 2.45) is 0 Å². The summed E-state index contributed by atoms with van der Waals surface area (Å²) in [6.45, 7) is 5.82. The predicted octanol–water partition coefficient (Wildman–Crippen LogP) is 4.49. The number of aryl methyl sites for hydroxylation is 1. The summed E-state index contributed by atoms with van der Waals surface area (Å²) in [6.07, 6.45) is 7.01. The van der Waals surface area contributed by atoms with Crippen LogP contribution in [0.15, 0.2) is 91.9 Å². The highest BCUT2D eigenvalue weighted by Crippen LogP contribution is 2.20. The third kappa shape index (κ3) is 6.23. The molecule has 7 nitrogen and oxygen atoms in total. The molecule has 2 heterocycles. The van der Waals surface area contributed by atoms with E-state index in [1.54, 1.807) is 30.7 Å². The first kappa shape index (κ1) is 23.5. The van der Waals surface area contributed by atoms with Crippen LogP contribution in [0, 0.1) is 6.92 Å². The zero-order chi connectivity index (χ0) is 24.6. The van der Waals surface area contributed by atoms with Gasteiger partial charge in [0.25, 0.3) is 5.91 Å². The maximum atomic E-state index is 12.8. The van der Waals surface area contributed by atoms with Gasteiger partial charge in [0.05, 0.1) is 5.69 Å². The lowest BCUT2D eigenvalue weighted by Crippen LogP contribution is -2.20. The third-order valence-electron chi connectivity index (χ3n) is 5.49. The Labute approximate surface area is 204 Å². The molecule has 0 spiro atoms. The molecule has 4 aromatic rings. The van der Waals surface area contributed by atoms with E-state index in [0.717, 1.165) is 27.9 Å². The number of hydrogen-bond acceptors (Lipinski definition) is 5. The number of aromatic nitrogens is 3. The number of amides is 2. The largest absolute Gasteiger partial charge is 0.348 e. The highest BCUT2D eigenvalue weighted by atomic mass is 16.2. The first-order valence-electron chi connectivity index (χ1n) is 11.1. The Hall–Kier alpha value is -4.65. The van der Waals surface area contributed by atoms with Crippen LogP contribution in [0.5, 0.6) is 0 Å². The Morgan fingerprint density at radius 3 is 2.60 bits per heavy atom. The minimum atomic E-state index is -0.240. The van der Waals surface area contributed by atoms with Crippen molar-refractivity contribution in [2.75, 3.05) is 5.32 Å². The molecule has 2 aromatic heterocycles. The van der Waals surface area contributed by atoms with E-state index in [2.05, 4.69) is 32.2 Å². The Kier molecular flexibility index (Phi) is 7.37. The maximum Gasteiger partial charge on any atom is 0.255 e. The third-order valence-corrected chi connectivity index (χ3v) is 5.49. The van der Waals surface area contributed by atoms with E-state index in [4.69, 9.17) is 0 Å². The average molecular weight is 464 g/mol. The van der Waals surface area contributed by atoms with Gasteiger partial charge in [-0.05, 0) is 72.2 Å². The van der Waals surface area contributed by atoms with Gasteiger partial charge in [-0.2, -0.15) is 0 Å². The van der Waals surface area contributed by atoms with Crippen LogP contribution in [0.3, 0.4) is 0 Å². The van der Waals surface area contributed by atoms with Crippen molar-refractivity contribution >= 4 is 17.5 Å². The molecule has 2 amide bonds. The first-order valence-corrected chi connectivity index (χ1v) is 11.1. The smallest absolute Gasteiger partial charge is 0.255 e. The van der Waals surface area contributed by atoms with Gasteiger partial charge in [0.2, 0.25) is 5.91 Å². The van der Waals surface area contributed by atoms with Crippen molar-refractivity contribution in [3.8, 4) is 11.3 Å². The molecular weight excluding hydrogens is 438 g/mol. The molecule has 0 aliphatic heterocycles. The number of anilines is 1. The second-order valence-corrected chi connectivity index (χ2v) is 7.99. The molecule has 2 aromatic carbocycles. The SMILES string of the molecule is C=CC(=O)NCc1ccc(C(=O)Nc2ccc(C)c(Cc3nccc(-c4cccnc4)n3)c2)cc1. The minimum Gasteiger partial charge on any atom is -0.348 e.